The first-order chi connectivity index (χ1) is 15.4. The van der Waals surface area contributed by atoms with E-state index in [1.54, 1.807) is 49.4 Å². The number of ether oxygens (including phenoxy) is 2. The number of fused-ring (bicyclic) bond motifs is 5. The number of nitrogens with zero attached hydrogens (tertiary/aromatic N) is 1. The summed E-state index contributed by atoms with van der Waals surface area (Å²) in [6, 6.07) is 11.2. The molecule has 32 heavy (non-hydrogen) atoms. The van der Waals surface area contributed by atoms with Crippen LogP contribution in [0.2, 0.25) is 0 Å². The Bertz CT molecular complexity index is 1180. The van der Waals surface area contributed by atoms with Crippen molar-refractivity contribution < 1.29 is 29.0 Å². The summed E-state index contributed by atoms with van der Waals surface area (Å²) in [7, 11) is 0. The number of anilines is 2. The third-order valence-corrected chi connectivity index (χ3v) is 6.86. The number of aliphatic hydroxyl groups is 1. The molecule has 6 rings (SSSR count). The van der Waals surface area contributed by atoms with Crippen LogP contribution in [-0.4, -0.2) is 48.2 Å². The lowest BCUT2D eigenvalue weighted by Gasteiger charge is -2.30. The van der Waals surface area contributed by atoms with E-state index in [9.17, 15) is 19.5 Å². The highest BCUT2D eigenvalue weighted by molar-refractivity contribution is 6.26. The van der Waals surface area contributed by atoms with Crippen LogP contribution in [0.15, 0.2) is 42.5 Å². The van der Waals surface area contributed by atoms with Crippen LogP contribution in [0.4, 0.5) is 11.4 Å². The third-order valence-electron chi connectivity index (χ3n) is 6.86. The molecule has 4 aliphatic rings. The van der Waals surface area contributed by atoms with Crippen LogP contribution in [0, 0.1) is 11.8 Å². The lowest BCUT2D eigenvalue weighted by atomic mass is 9.76. The van der Waals surface area contributed by atoms with Gasteiger partial charge in [-0.15, -0.1) is 0 Å². The standard InChI is InChI=1S/C23H21N3O6/c1-11(27)19-17-18(23(25-19)13-4-2-3-5-14(13)24-22(23)30)21(29)26(20(17)28)12-6-7-15-16(10-12)32-9-8-31-15/h2-7,10-11,17-19,25,27H,8-9H2,1H3,(H,24,30)/t11-,17+,18+,19+,23+/m1/s1. The van der Waals surface area contributed by atoms with Gasteiger partial charge in [0.05, 0.1) is 23.6 Å². The van der Waals surface area contributed by atoms with Crippen molar-refractivity contribution in [2.45, 2.75) is 24.6 Å². The van der Waals surface area contributed by atoms with Crippen molar-refractivity contribution in [3.05, 3.63) is 48.0 Å². The zero-order valence-electron chi connectivity index (χ0n) is 17.2. The molecule has 3 amide bonds. The minimum absolute atomic E-state index is 0.352. The number of aliphatic hydroxyl groups excluding tert-OH is 1. The molecule has 2 aromatic rings. The first kappa shape index (κ1) is 19.3. The van der Waals surface area contributed by atoms with Crippen LogP contribution in [0.25, 0.3) is 0 Å². The predicted molar refractivity (Wildman–Crippen MR) is 112 cm³/mol. The maximum absolute atomic E-state index is 13.8. The number of rotatable bonds is 2. The van der Waals surface area contributed by atoms with E-state index in [2.05, 4.69) is 10.6 Å². The van der Waals surface area contributed by atoms with Crippen LogP contribution in [0.1, 0.15) is 12.5 Å². The van der Waals surface area contributed by atoms with E-state index in [-0.39, 0.29) is 0 Å². The molecule has 5 atom stereocenters. The number of hydrogen-bond donors (Lipinski definition) is 3. The van der Waals surface area contributed by atoms with Gasteiger partial charge in [-0.25, -0.2) is 4.90 Å². The molecule has 0 saturated carbocycles. The lowest BCUT2D eigenvalue weighted by Crippen LogP contribution is -2.54. The fraction of sp³-hybridized carbons (Fsp3) is 0.348. The van der Waals surface area contributed by atoms with E-state index < -0.39 is 47.2 Å². The highest BCUT2D eigenvalue weighted by atomic mass is 16.6. The van der Waals surface area contributed by atoms with Crippen molar-refractivity contribution in [3.63, 3.8) is 0 Å². The van der Waals surface area contributed by atoms with Gasteiger partial charge in [-0.2, -0.15) is 0 Å². The van der Waals surface area contributed by atoms with Gasteiger partial charge in [0.25, 0.3) is 0 Å². The Kier molecular flexibility index (Phi) is 3.94. The fourth-order valence-corrected chi connectivity index (χ4v) is 5.53. The van der Waals surface area contributed by atoms with Gasteiger partial charge in [0.15, 0.2) is 11.5 Å². The maximum atomic E-state index is 13.8. The second-order valence-corrected chi connectivity index (χ2v) is 8.56. The van der Waals surface area contributed by atoms with Crippen molar-refractivity contribution in [1.82, 2.24) is 5.32 Å². The highest BCUT2D eigenvalue weighted by Crippen LogP contribution is 2.54. The average molecular weight is 435 g/mol. The average Bonchev–Trinajstić information content (AvgIpc) is 3.38. The molecule has 9 heteroatoms. The molecule has 0 aliphatic carbocycles. The molecule has 0 aromatic heterocycles. The summed E-state index contributed by atoms with van der Waals surface area (Å²) >= 11 is 0. The number of amides is 3. The summed E-state index contributed by atoms with van der Waals surface area (Å²) in [5.41, 5.74) is 0.115. The van der Waals surface area contributed by atoms with Crippen molar-refractivity contribution in [1.29, 1.82) is 0 Å². The monoisotopic (exact) mass is 435 g/mol. The number of imide groups is 1. The van der Waals surface area contributed by atoms with E-state index in [1.807, 2.05) is 0 Å². The number of nitrogens with one attached hydrogen (secondary N) is 2. The Balaban J connectivity index is 1.49. The molecule has 2 aromatic carbocycles. The van der Waals surface area contributed by atoms with Gasteiger partial charge in [0.1, 0.15) is 18.8 Å². The van der Waals surface area contributed by atoms with Gasteiger partial charge in [-0.05, 0) is 25.1 Å². The number of para-hydroxylation sites is 1. The van der Waals surface area contributed by atoms with Gasteiger partial charge in [0.2, 0.25) is 17.7 Å². The minimum Gasteiger partial charge on any atom is -0.486 e. The number of benzene rings is 2. The lowest BCUT2D eigenvalue weighted by molar-refractivity contribution is -0.130. The minimum atomic E-state index is -1.43. The molecular weight excluding hydrogens is 414 g/mol. The van der Waals surface area contributed by atoms with E-state index >= 15 is 0 Å². The molecule has 2 fully saturated rings. The van der Waals surface area contributed by atoms with E-state index in [0.29, 0.717) is 41.7 Å². The van der Waals surface area contributed by atoms with Crippen LogP contribution in [0.3, 0.4) is 0 Å². The zero-order valence-corrected chi connectivity index (χ0v) is 17.2. The quantitative estimate of drug-likeness (QED) is 0.597. The summed E-state index contributed by atoms with van der Waals surface area (Å²) < 4.78 is 11.2. The Morgan fingerprint density at radius 2 is 1.81 bits per heavy atom. The number of carbonyl (C=O) groups excluding carboxylic acids is 3. The third kappa shape index (κ3) is 2.32. The van der Waals surface area contributed by atoms with Gasteiger partial charge in [-0.1, -0.05) is 18.2 Å². The van der Waals surface area contributed by atoms with E-state index in [1.165, 1.54) is 0 Å². The van der Waals surface area contributed by atoms with Gasteiger partial charge >= 0.3 is 0 Å². The largest absolute Gasteiger partial charge is 0.486 e. The second kappa shape index (κ2) is 6.54. The molecule has 164 valence electrons. The van der Waals surface area contributed by atoms with Crippen LogP contribution < -0.4 is 25.0 Å². The predicted octanol–water partition coefficient (Wildman–Crippen LogP) is 0.764. The first-order valence-electron chi connectivity index (χ1n) is 10.6. The molecule has 3 N–H and O–H groups in total. The SMILES string of the molecule is C[C@@H](O)[C@@H]1N[C@]2(C(=O)Nc3ccccc32)[C@@H]2C(=O)N(c3ccc4c(c3)OCCO4)C(=O)[C@H]12. The maximum Gasteiger partial charge on any atom is 0.250 e. The van der Waals surface area contributed by atoms with Crippen molar-refractivity contribution in [2.24, 2.45) is 11.8 Å². The first-order valence-corrected chi connectivity index (χ1v) is 10.6. The zero-order chi connectivity index (χ0) is 22.2. The summed E-state index contributed by atoms with van der Waals surface area (Å²) in [6.07, 6.45) is -0.959. The van der Waals surface area contributed by atoms with E-state index in [4.69, 9.17) is 9.47 Å². The van der Waals surface area contributed by atoms with Gasteiger partial charge < -0.3 is 19.9 Å². The smallest absolute Gasteiger partial charge is 0.250 e. The Hall–Kier alpha value is -3.43. The van der Waals surface area contributed by atoms with E-state index in [0.717, 1.165) is 4.90 Å². The number of carbonyl (C=O) groups is 3. The van der Waals surface area contributed by atoms with Crippen LogP contribution in [0.5, 0.6) is 11.5 Å². The molecule has 0 radical (unpaired) electrons. The summed E-state index contributed by atoms with van der Waals surface area (Å²) in [4.78, 5) is 41.8. The molecular formula is C23H21N3O6. The molecule has 9 nitrogen and oxygen atoms in total. The molecule has 0 bridgehead atoms. The summed E-state index contributed by atoms with van der Waals surface area (Å²) in [5, 5.41) is 16.5. The Labute approximate surface area is 183 Å². The normalized spacial score (nSPS) is 31.0. The fourth-order valence-electron chi connectivity index (χ4n) is 5.53. The van der Waals surface area contributed by atoms with Crippen molar-refractivity contribution in [3.8, 4) is 11.5 Å². The van der Waals surface area contributed by atoms with Crippen LogP contribution in [-0.2, 0) is 19.9 Å². The highest BCUT2D eigenvalue weighted by Gasteiger charge is 2.71. The van der Waals surface area contributed by atoms with Gasteiger partial charge in [-0.3, -0.25) is 19.7 Å². The van der Waals surface area contributed by atoms with Crippen molar-refractivity contribution in [2.75, 3.05) is 23.4 Å². The molecule has 0 unspecified atom stereocenters. The molecule has 4 aliphatic heterocycles. The molecule has 2 saturated heterocycles. The van der Waals surface area contributed by atoms with Gasteiger partial charge in [0, 0.05) is 23.4 Å². The second-order valence-electron chi connectivity index (χ2n) is 8.56. The molecule has 1 spiro atoms. The Morgan fingerprint density at radius 1 is 1.06 bits per heavy atom. The molecule has 4 heterocycles. The number of hydrogen-bond acceptors (Lipinski definition) is 7. The van der Waals surface area contributed by atoms with Crippen molar-refractivity contribution >= 4 is 29.1 Å². The summed E-state index contributed by atoms with van der Waals surface area (Å²) in [5.74, 6) is -2.23. The topological polar surface area (TPSA) is 117 Å². The van der Waals surface area contributed by atoms with Crippen LogP contribution >= 0.6 is 0 Å². The summed E-state index contributed by atoms with van der Waals surface area (Å²) in [6.45, 7) is 2.35. The Morgan fingerprint density at radius 3 is 2.59 bits per heavy atom.